The molecule has 0 radical (unpaired) electrons. The van der Waals surface area contributed by atoms with Crippen LogP contribution in [0.4, 0.5) is 18.9 Å². The summed E-state index contributed by atoms with van der Waals surface area (Å²) in [5.74, 6) is -1.32. The Labute approximate surface area is 142 Å². The maximum atomic E-state index is 12.5. The van der Waals surface area contributed by atoms with Crippen LogP contribution in [0, 0.1) is 6.92 Å². The van der Waals surface area contributed by atoms with E-state index >= 15 is 0 Å². The minimum absolute atomic E-state index is 0.0188. The Morgan fingerprint density at radius 2 is 1.88 bits per heavy atom. The van der Waals surface area contributed by atoms with Gasteiger partial charge in [0.2, 0.25) is 5.89 Å². The maximum Gasteiger partial charge on any atom is 0.470 e. The van der Waals surface area contributed by atoms with Crippen LogP contribution in [-0.4, -0.2) is 41.3 Å². The summed E-state index contributed by atoms with van der Waals surface area (Å²) >= 11 is 6.05. The van der Waals surface area contributed by atoms with Crippen molar-refractivity contribution in [1.29, 1.82) is 0 Å². The molecule has 0 saturated carbocycles. The number of halogens is 4. The number of benzene rings is 1. The van der Waals surface area contributed by atoms with E-state index in [4.69, 9.17) is 11.6 Å². The molecule has 0 amide bonds. The number of piperazine rings is 1. The fourth-order valence-corrected chi connectivity index (χ4v) is 2.86. The van der Waals surface area contributed by atoms with Crippen LogP contribution in [0.3, 0.4) is 0 Å². The van der Waals surface area contributed by atoms with E-state index in [1.165, 1.54) is 0 Å². The quantitative estimate of drug-likeness (QED) is 0.839. The Hall–Kier alpha value is -1.80. The first-order chi connectivity index (χ1) is 11.3. The van der Waals surface area contributed by atoms with Crippen LogP contribution in [0.15, 0.2) is 22.6 Å². The van der Waals surface area contributed by atoms with E-state index in [2.05, 4.69) is 19.5 Å². The van der Waals surface area contributed by atoms with Crippen molar-refractivity contribution < 1.29 is 17.6 Å². The van der Waals surface area contributed by atoms with Crippen LogP contribution < -0.4 is 4.90 Å². The molecule has 2 aromatic rings. The standard InChI is InChI=1S/C15H16ClF3N4O/c1-10-2-3-11(16)8-12(10)23-6-4-22(5-7-23)9-13-20-21-14(24-13)15(17,18)19/h2-3,8H,4-7,9H2,1H3. The van der Waals surface area contributed by atoms with Gasteiger partial charge < -0.3 is 9.32 Å². The molecule has 1 aliphatic heterocycles. The first-order valence-corrected chi connectivity index (χ1v) is 7.84. The summed E-state index contributed by atoms with van der Waals surface area (Å²) in [5.41, 5.74) is 2.22. The second-order valence-corrected chi connectivity index (χ2v) is 6.13. The van der Waals surface area contributed by atoms with Gasteiger partial charge in [0, 0.05) is 36.9 Å². The highest BCUT2D eigenvalue weighted by Crippen LogP contribution is 2.28. The van der Waals surface area contributed by atoms with E-state index in [-0.39, 0.29) is 12.4 Å². The number of nitrogens with zero attached hydrogens (tertiary/aromatic N) is 4. The van der Waals surface area contributed by atoms with Gasteiger partial charge in [-0.3, -0.25) is 4.90 Å². The maximum absolute atomic E-state index is 12.5. The molecule has 0 unspecified atom stereocenters. The fraction of sp³-hybridized carbons (Fsp3) is 0.467. The normalized spacial score (nSPS) is 16.6. The van der Waals surface area contributed by atoms with Crippen molar-refractivity contribution in [2.45, 2.75) is 19.6 Å². The topological polar surface area (TPSA) is 45.4 Å². The Morgan fingerprint density at radius 1 is 1.17 bits per heavy atom. The molecule has 1 aromatic carbocycles. The fourth-order valence-electron chi connectivity index (χ4n) is 2.69. The lowest BCUT2D eigenvalue weighted by Crippen LogP contribution is -2.46. The highest BCUT2D eigenvalue weighted by atomic mass is 35.5. The third-order valence-electron chi connectivity index (χ3n) is 3.95. The van der Waals surface area contributed by atoms with Gasteiger partial charge in [0.15, 0.2) is 0 Å². The predicted octanol–water partition coefficient (Wildman–Crippen LogP) is 3.37. The summed E-state index contributed by atoms with van der Waals surface area (Å²) in [6.07, 6.45) is -4.60. The summed E-state index contributed by atoms with van der Waals surface area (Å²) in [5, 5.41) is 7.20. The average molecular weight is 361 g/mol. The zero-order valence-electron chi connectivity index (χ0n) is 13.0. The number of rotatable bonds is 3. The highest BCUT2D eigenvalue weighted by molar-refractivity contribution is 6.30. The molecule has 3 rings (SSSR count). The molecule has 0 aliphatic carbocycles. The van der Waals surface area contributed by atoms with E-state index in [0.29, 0.717) is 18.1 Å². The molecule has 1 aromatic heterocycles. The zero-order valence-corrected chi connectivity index (χ0v) is 13.7. The van der Waals surface area contributed by atoms with Crippen LogP contribution in [0.5, 0.6) is 0 Å². The van der Waals surface area contributed by atoms with Crippen molar-refractivity contribution in [3.05, 3.63) is 40.6 Å². The second kappa shape index (κ2) is 6.60. The Balaban J connectivity index is 1.59. The van der Waals surface area contributed by atoms with Gasteiger partial charge in [-0.2, -0.15) is 13.2 Å². The lowest BCUT2D eigenvalue weighted by Gasteiger charge is -2.36. The third-order valence-corrected chi connectivity index (χ3v) is 4.19. The van der Waals surface area contributed by atoms with Gasteiger partial charge in [-0.15, -0.1) is 10.2 Å². The van der Waals surface area contributed by atoms with Gasteiger partial charge >= 0.3 is 12.1 Å². The molecule has 0 bridgehead atoms. The van der Waals surface area contributed by atoms with Gasteiger partial charge in [0.1, 0.15) is 0 Å². The molecule has 0 N–H and O–H groups in total. The number of alkyl halides is 3. The van der Waals surface area contributed by atoms with Crippen molar-refractivity contribution >= 4 is 17.3 Å². The van der Waals surface area contributed by atoms with Crippen LogP contribution in [0.2, 0.25) is 5.02 Å². The number of hydrogen-bond acceptors (Lipinski definition) is 5. The van der Waals surface area contributed by atoms with Crippen LogP contribution >= 0.6 is 11.6 Å². The van der Waals surface area contributed by atoms with Crippen LogP contribution in [0.1, 0.15) is 17.3 Å². The lowest BCUT2D eigenvalue weighted by atomic mass is 10.1. The van der Waals surface area contributed by atoms with Crippen molar-refractivity contribution in [2.24, 2.45) is 0 Å². The molecular weight excluding hydrogens is 345 g/mol. The zero-order chi connectivity index (χ0) is 17.3. The van der Waals surface area contributed by atoms with Crippen LogP contribution in [0.25, 0.3) is 0 Å². The summed E-state index contributed by atoms with van der Waals surface area (Å²) in [6, 6.07) is 5.76. The Kier molecular flexibility index (Phi) is 4.69. The first-order valence-electron chi connectivity index (χ1n) is 7.46. The van der Waals surface area contributed by atoms with Gasteiger partial charge in [0.05, 0.1) is 6.54 Å². The highest BCUT2D eigenvalue weighted by Gasteiger charge is 2.38. The summed E-state index contributed by atoms with van der Waals surface area (Å²) in [4.78, 5) is 4.21. The van der Waals surface area contributed by atoms with Crippen molar-refractivity contribution in [2.75, 3.05) is 31.1 Å². The molecule has 0 spiro atoms. The molecule has 1 fully saturated rings. The Bertz CT molecular complexity index is 711. The molecule has 1 saturated heterocycles. The van der Waals surface area contributed by atoms with E-state index in [9.17, 15) is 13.2 Å². The molecule has 5 nitrogen and oxygen atoms in total. The van der Waals surface area contributed by atoms with E-state index in [1.54, 1.807) is 0 Å². The number of aromatic nitrogens is 2. The number of aryl methyl sites for hydroxylation is 1. The van der Waals surface area contributed by atoms with Gasteiger partial charge in [-0.05, 0) is 24.6 Å². The second-order valence-electron chi connectivity index (χ2n) is 5.69. The summed E-state index contributed by atoms with van der Waals surface area (Å²) < 4.78 is 42.1. The predicted molar refractivity (Wildman–Crippen MR) is 83.0 cm³/mol. The number of anilines is 1. The van der Waals surface area contributed by atoms with Gasteiger partial charge in [-0.25, -0.2) is 0 Å². The van der Waals surface area contributed by atoms with Crippen molar-refractivity contribution in [3.63, 3.8) is 0 Å². The van der Waals surface area contributed by atoms with Crippen molar-refractivity contribution in [3.8, 4) is 0 Å². The molecule has 1 aliphatic rings. The smallest absolute Gasteiger partial charge is 0.416 e. The van der Waals surface area contributed by atoms with Gasteiger partial charge in [-0.1, -0.05) is 17.7 Å². The minimum Gasteiger partial charge on any atom is -0.416 e. The summed E-state index contributed by atoms with van der Waals surface area (Å²) in [7, 11) is 0. The Morgan fingerprint density at radius 3 is 2.50 bits per heavy atom. The van der Waals surface area contributed by atoms with E-state index in [1.807, 2.05) is 30.0 Å². The number of hydrogen-bond donors (Lipinski definition) is 0. The summed E-state index contributed by atoms with van der Waals surface area (Å²) in [6.45, 7) is 5.12. The molecule has 2 heterocycles. The van der Waals surface area contributed by atoms with Crippen LogP contribution in [-0.2, 0) is 12.7 Å². The average Bonchev–Trinajstić information content (AvgIpc) is 2.99. The SMILES string of the molecule is Cc1ccc(Cl)cc1N1CCN(Cc2nnc(C(F)(F)F)o2)CC1. The van der Waals surface area contributed by atoms with Crippen molar-refractivity contribution in [1.82, 2.24) is 15.1 Å². The minimum atomic E-state index is -4.60. The molecule has 24 heavy (non-hydrogen) atoms. The van der Waals surface area contributed by atoms with E-state index < -0.39 is 12.1 Å². The third kappa shape index (κ3) is 3.81. The largest absolute Gasteiger partial charge is 0.470 e. The first kappa shape index (κ1) is 17.0. The lowest BCUT2D eigenvalue weighted by molar-refractivity contribution is -0.157. The molecule has 0 atom stereocenters. The molecule has 130 valence electrons. The molecule has 9 heteroatoms. The van der Waals surface area contributed by atoms with E-state index in [0.717, 1.165) is 24.3 Å². The molecular formula is C15H16ClF3N4O. The van der Waals surface area contributed by atoms with Gasteiger partial charge in [0.25, 0.3) is 0 Å². The monoisotopic (exact) mass is 360 g/mol.